The molecule has 0 N–H and O–H groups in total. The van der Waals surface area contributed by atoms with Gasteiger partial charge in [0.25, 0.3) is 0 Å². The fourth-order valence-corrected chi connectivity index (χ4v) is 1.84. The molecule has 0 aliphatic heterocycles. The molecule has 0 aliphatic rings. The zero-order chi connectivity index (χ0) is 14.5. The van der Waals surface area contributed by atoms with Crippen molar-refractivity contribution >= 4 is 11.8 Å². The number of esters is 1. The van der Waals surface area contributed by atoms with Crippen molar-refractivity contribution in [2.24, 2.45) is 7.05 Å². The van der Waals surface area contributed by atoms with Crippen LogP contribution in [0.5, 0.6) is 0 Å². The molecule has 2 aromatic rings. The first-order valence-corrected chi connectivity index (χ1v) is 6.28. The highest BCUT2D eigenvalue weighted by Gasteiger charge is 2.12. The van der Waals surface area contributed by atoms with Crippen LogP contribution in [0.2, 0.25) is 0 Å². The van der Waals surface area contributed by atoms with Crippen LogP contribution in [0.4, 0.5) is 5.82 Å². The molecule has 0 amide bonds. The molecule has 0 saturated carbocycles. The summed E-state index contributed by atoms with van der Waals surface area (Å²) in [6.45, 7) is 3.50. The lowest BCUT2D eigenvalue weighted by Gasteiger charge is -2.20. The largest absolute Gasteiger partial charge is 0.464 e. The highest BCUT2D eigenvalue weighted by Crippen LogP contribution is 2.13. The van der Waals surface area contributed by atoms with E-state index in [0.717, 1.165) is 12.1 Å². The number of aryl methyl sites for hydroxylation is 1. The van der Waals surface area contributed by atoms with Gasteiger partial charge in [0.15, 0.2) is 11.5 Å². The summed E-state index contributed by atoms with van der Waals surface area (Å²) in [7, 11) is 3.20. The highest BCUT2D eigenvalue weighted by molar-refractivity contribution is 5.86. The molecule has 7 nitrogen and oxygen atoms in total. The van der Waals surface area contributed by atoms with Gasteiger partial charge in [-0.3, -0.25) is 4.68 Å². The van der Waals surface area contributed by atoms with Gasteiger partial charge < -0.3 is 9.64 Å². The monoisotopic (exact) mass is 275 g/mol. The summed E-state index contributed by atoms with van der Waals surface area (Å²) >= 11 is 0. The Bertz CT molecular complexity index is 579. The molecular weight excluding hydrogens is 258 g/mol. The zero-order valence-corrected chi connectivity index (χ0v) is 11.8. The van der Waals surface area contributed by atoms with E-state index in [4.69, 9.17) is 0 Å². The van der Waals surface area contributed by atoms with Crippen molar-refractivity contribution in [2.45, 2.75) is 13.5 Å². The smallest absolute Gasteiger partial charge is 0.358 e. The van der Waals surface area contributed by atoms with Gasteiger partial charge in [0.05, 0.1) is 13.3 Å². The number of anilines is 1. The van der Waals surface area contributed by atoms with Gasteiger partial charge in [-0.1, -0.05) is 0 Å². The number of hydrogen-bond acceptors (Lipinski definition) is 6. The fourth-order valence-electron chi connectivity index (χ4n) is 1.84. The first-order chi connectivity index (χ1) is 9.63. The van der Waals surface area contributed by atoms with E-state index in [1.165, 1.54) is 7.11 Å². The molecule has 0 saturated heterocycles. The van der Waals surface area contributed by atoms with E-state index >= 15 is 0 Å². The summed E-state index contributed by atoms with van der Waals surface area (Å²) in [5, 5.41) is 12.1. The van der Waals surface area contributed by atoms with Crippen molar-refractivity contribution in [3.05, 3.63) is 35.8 Å². The van der Waals surface area contributed by atoms with Crippen LogP contribution in [-0.2, 0) is 18.3 Å². The minimum atomic E-state index is -0.487. The van der Waals surface area contributed by atoms with Crippen molar-refractivity contribution < 1.29 is 9.53 Å². The summed E-state index contributed by atoms with van der Waals surface area (Å²) < 4.78 is 6.35. The topological polar surface area (TPSA) is 73.1 Å². The van der Waals surface area contributed by atoms with Gasteiger partial charge in [0.1, 0.15) is 0 Å². The maximum absolute atomic E-state index is 11.3. The van der Waals surface area contributed by atoms with Gasteiger partial charge in [0, 0.05) is 31.9 Å². The lowest BCUT2D eigenvalue weighted by molar-refractivity contribution is 0.0592. The third kappa shape index (κ3) is 3.11. The molecule has 2 heterocycles. The van der Waals surface area contributed by atoms with Gasteiger partial charge in [-0.2, -0.15) is 5.10 Å². The maximum atomic E-state index is 11.3. The minimum Gasteiger partial charge on any atom is -0.464 e. The number of carbonyl (C=O) groups is 1. The predicted octanol–water partition coefficient (Wildman–Crippen LogP) is 1.02. The van der Waals surface area contributed by atoms with Crippen LogP contribution in [0.25, 0.3) is 0 Å². The average molecular weight is 275 g/mol. The van der Waals surface area contributed by atoms with Crippen LogP contribution in [0.3, 0.4) is 0 Å². The Balaban J connectivity index is 2.13. The van der Waals surface area contributed by atoms with E-state index in [1.807, 2.05) is 31.3 Å². The molecule has 2 rings (SSSR count). The normalized spacial score (nSPS) is 10.3. The molecular formula is C13H17N5O2. The summed E-state index contributed by atoms with van der Waals surface area (Å²) in [5.74, 6) is 0.225. The lowest BCUT2D eigenvalue weighted by Crippen LogP contribution is -2.23. The summed E-state index contributed by atoms with van der Waals surface area (Å²) in [4.78, 5) is 13.4. The molecule has 0 bridgehead atoms. The van der Waals surface area contributed by atoms with Crippen molar-refractivity contribution in [3.8, 4) is 0 Å². The molecule has 0 aliphatic carbocycles. The summed E-state index contributed by atoms with van der Waals surface area (Å²) in [6, 6.07) is 3.37. The maximum Gasteiger partial charge on any atom is 0.358 e. The van der Waals surface area contributed by atoms with E-state index in [-0.39, 0.29) is 5.69 Å². The summed E-state index contributed by atoms with van der Waals surface area (Å²) in [6.07, 6.45) is 3.78. The molecule has 0 spiro atoms. The number of methoxy groups -OCH3 is 1. The van der Waals surface area contributed by atoms with Gasteiger partial charge >= 0.3 is 5.97 Å². The number of ether oxygens (including phenoxy) is 1. The first kappa shape index (κ1) is 14.0. The Morgan fingerprint density at radius 2 is 2.20 bits per heavy atom. The molecule has 106 valence electrons. The molecule has 7 heteroatoms. The second-order valence-electron chi connectivity index (χ2n) is 4.30. The molecule has 0 aromatic carbocycles. The Morgan fingerprint density at radius 3 is 2.70 bits per heavy atom. The SMILES string of the molecule is CCN(Cc1cnn(C)c1)c1ccc(C(=O)OC)nn1. The molecule has 20 heavy (non-hydrogen) atoms. The second kappa shape index (κ2) is 6.14. The van der Waals surface area contributed by atoms with Crippen LogP contribution in [0.15, 0.2) is 24.5 Å². The van der Waals surface area contributed by atoms with Gasteiger partial charge in [-0.25, -0.2) is 4.79 Å². The second-order valence-corrected chi connectivity index (χ2v) is 4.30. The number of rotatable bonds is 5. The molecule has 0 radical (unpaired) electrons. The van der Waals surface area contributed by atoms with Gasteiger partial charge in [-0.05, 0) is 19.1 Å². The Morgan fingerprint density at radius 1 is 1.40 bits per heavy atom. The number of carbonyl (C=O) groups excluding carboxylic acids is 1. The van der Waals surface area contributed by atoms with Crippen molar-refractivity contribution in [3.63, 3.8) is 0 Å². The van der Waals surface area contributed by atoms with E-state index < -0.39 is 5.97 Å². The van der Waals surface area contributed by atoms with Crippen molar-refractivity contribution in [2.75, 3.05) is 18.6 Å². The van der Waals surface area contributed by atoms with Crippen LogP contribution >= 0.6 is 0 Å². The number of aromatic nitrogens is 4. The molecule has 0 unspecified atom stereocenters. The Labute approximate surface area is 117 Å². The Kier molecular flexibility index (Phi) is 4.29. The van der Waals surface area contributed by atoms with Crippen LogP contribution in [0.1, 0.15) is 23.0 Å². The van der Waals surface area contributed by atoms with Crippen molar-refractivity contribution in [1.29, 1.82) is 0 Å². The first-order valence-electron chi connectivity index (χ1n) is 6.28. The highest BCUT2D eigenvalue weighted by atomic mass is 16.5. The summed E-state index contributed by atoms with van der Waals surface area (Å²) in [5.41, 5.74) is 1.29. The van der Waals surface area contributed by atoms with Crippen molar-refractivity contribution in [1.82, 2.24) is 20.0 Å². The van der Waals surface area contributed by atoms with Crippen LogP contribution in [0, 0.1) is 0 Å². The lowest BCUT2D eigenvalue weighted by atomic mass is 10.3. The van der Waals surface area contributed by atoms with Crippen LogP contribution in [-0.4, -0.2) is 39.6 Å². The Hall–Kier alpha value is -2.44. The quantitative estimate of drug-likeness (QED) is 0.759. The van der Waals surface area contributed by atoms with E-state index in [0.29, 0.717) is 12.4 Å². The van der Waals surface area contributed by atoms with Gasteiger partial charge in [-0.15, -0.1) is 10.2 Å². The third-order valence-electron chi connectivity index (χ3n) is 2.88. The van der Waals surface area contributed by atoms with E-state index in [9.17, 15) is 4.79 Å². The number of nitrogens with zero attached hydrogens (tertiary/aromatic N) is 5. The average Bonchev–Trinajstić information content (AvgIpc) is 2.89. The molecule has 2 aromatic heterocycles. The van der Waals surface area contributed by atoms with Crippen LogP contribution < -0.4 is 4.90 Å². The third-order valence-corrected chi connectivity index (χ3v) is 2.88. The zero-order valence-electron chi connectivity index (χ0n) is 11.8. The van der Waals surface area contributed by atoms with E-state index in [2.05, 4.69) is 20.0 Å². The number of hydrogen-bond donors (Lipinski definition) is 0. The predicted molar refractivity (Wildman–Crippen MR) is 73.3 cm³/mol. The van der Waals surface area contributed by atoms with E-state index in [1.54, 1.807) is 16.8 Å². The minimum absolute atomic E-state index is 0.202. The standard InChI is InChI=1S/C13H17N5O2/c1-4-18(9-10-7-14-17(2)8-10)12-6-5-11(15-16-12)13(19)20-3/h5-8H,4,9H2,1-3H3. The molecule has 0 atom stereocenters. The fraction of sp³-hybridized carbons (Fsp3) is 0.385. The van der Waals surface area contributed by atoms with Gasteiger partial charge in [0.2, 0.25) is 0 Å². The molecule has 0 fully saturated rings.